The quantitative estimate of drug-likeness (QED) is 0.890. The average molecular weight is 283 g/mol. The molecule has 19 heavy (non-hydrogen) atoms. The van der Waals surface area contributed by atoms with Crippen LogP contribution in [0.2, 0.25) is 0 Å². The van der Waals surface area contributed by atoms with Gasteiger partial charge < -0.3 is 5.73 Å². The molecule has 1 aliphatic carbocycles. The van der Waals surface area contributed by atoms with Crippen LogP contribution < -0.4 is 5.73 Å². The molecular formula is C13H21N3O2S. The van der Waals surface area contributed by atoms with Gasteiger partial charge in [-0.25, -0.2) is 18.4 Å². The van der Waals surface area contributed by atoms with E-state index in [1.165, 1.54) is 6.26 Å². The number of fused-ring (bicyclic) bond motifs is 1. The Balaban J connectivity index is 2.44. The second-order valence-corrected chi connectivity index (χ2v) is 8.62. The number of sulfone groups is 1. The minimum atomic E-state index is -3.18. The van der Waals surface area contributed by atoms with Crippen LogP contribution in [-0.4, -0.2) is 24.6 Å². The van der Waals surface area contributed by atoms with Gasteiger partial charge in [0.2, 0.25) is 0 Å². The van der Waals surface area contributed by atoms with E-state index in [1.807, 2.05) is 0 Å². The van der Waals surface area contributed by atoms with Gasteiger partial charge in [0.05, 0.1) is 0 Å². The Morgan fingerprint density at radius 2 is 2.11 bits per heavy atom. The van der Waals surface area contributed by atoms with E-state index in [0.29, 0.717) is 5.82 Å². The van der Waals surface area contributed by atoms with Crippen molar-refractivity contribution in [2.45, 2.75) is 44.9 Å². The molecule has 0 spiro atoms. The predicted octanol–water partition coefficient (Wildman–Crippen LogP) is 1.55. The Kier molecular flexibility index (Phi) is 3.43. The van der Waals surface area contributed by atoms with Crippen molar-refractivity contribution in [1.82, 2.24) is 9.97 Å². The Labute approximate surface area is 114 Å². The van der Waals surface area contributed by atoms with Crippen LogP contribution in [0.1, 0.15) is 55.6 Å². The van der Waals surface area contributed by atoms with E-state index in [1.54, 1.807) is 13.1 Å². The highest BCUT2D eigenvalue weighted by Crippen LogP contribution is 2.38. The highest BCUT2D eigenvalue weighted by atomic mass is 32.2. The minimum Gasteiger partial charge on any atom is -0.324 e. The van der Waals surface area contributed by atoms with Crippen LogP contribution in [0.25, 0.3) is 0 Å². The van der Waals surface area contributed by atoms with Crippen molar-refractivity contribution < 1.29 is 8.42 Å². The SMILES string of the molecule is CC(c1ncc2c(n1)CC(C)(C)CC2N)S(C)(=O)=O. The summed E-state index contributed by atoms with van der Waals surface area (Å²) in [5, 5.41) is -0.681. The van der Waals surface area contributed by atoms with Gasteiger partial charge in [-0.15, -0.1) is 0 Å². The molecule has 106 valence electrons. The normalized spacial score (nSPS) is 23.7. The lowest BCUT2D eigenvalue weighted by Gasteiger charge is -2.34. The highest BCUT2D eigenvalue weighted by Gasteiger charge is 2.32. The van der Waals surface area contributed by atoms with Crippen molar-refractivity contribution in [3.8, 4) is 0 Å². The van der Waals surface area contributed by atoms with Gasteiger partial charge in [-0.1, -0.05) is 13.8 Å². The van der Waals surface area contributed by atoms with Gasteiger partial charge in [-0.3, -0.25) is 0 Å². The maximum Gasteiger partial charge on any atom is 0.157 e. The summed E-state index contributed by atoms with van der Waals surface area (Å²) < 4.78 is 23.2. The molecular weight excluding hydrogens is 262 g/mol. The zero-order valence-corrected chi connectivity index (χ0v) is 12.7. The topological polar surface area (TPSA) is 85.9 Å². The average Bonchev–Trinajstić information content (AvgIpc) is 2.24. The molecule has 1 heterocycles. The lowest BCUT2D eigenvalue weighted by Crippen LogP contribution is -2.31. The van der Waals surface area contributed by atoms with Gasteiger partial charge in [0.15, 0.2) is 9.84 Å². The van der Waals surface area contributed by atoms with Crippen molar-refractivity contribution in [2.75, 3.05) is 6.26 Å². The summed E-state index contributed by atoms with van der Waals surface area (Å²) in [7, 11) is -3.18. The summed E-state index contributed by atoms with van der Waals surface area (Å²) in [5.41, 5.74) is 8.07. The monoisotopic (exact) mass is 283 g/mol. The van der Waals surface area contributed by atoms with E-state index < -0.39 is 15.1 Å². The van der Waals surface area contributed by atoms with Crippen LogP contribution in [0.4, 0.5) is 0 Å². The fourth-order valence-electron chi connectivity index (χ4n) is 2.51. The summed E-state index contributed by atoms with van der Waals surface area (Å²) in [4.78, 5) is 8.64. The second kappa shape index (κ2) is 4.52. The van der Waals surface area contributed by atoms with E-state index in [4.69, 9.17) is 5.73 Å². The van der Waals surface area contributed by atoms with Crippen LogP contribution >= 0.6 is 0 Å². The third-order valence-electron chi connectivity index (χ3n) is 3.74. The van der Waals surface area contributed by atoms with E-state index in [9.17, 15) is 8.42 Å². The van der Waals surface area contributed by atoms with E-state index in [2.05, 4.69) is 23.8 Å². The molecule has 2 rings (SSSR count). The van der Waals surface area contributed by atoms with Crippen LogP contribution in [0, 0.1) is 5.41 Å². The van der Waals surface area contributed by atoms with Gasteiger partial charge in [-0.05, 0) is 25.2 Å². The van der Waals surface area contributed by atoms with E-state index in [-0.39, 0.29) is 11.5 Å². The molecule has 0 bridgehead atoms. The minimum absolute atomic E-state index is 0.0682. The molecule has 1 aromatic heterocycles. The summed E-state index contributed by atoms with van der Waals surface area (Å²) >= 11 is 0. The Morgan fingerprint density at radius 1 is 1.47 bits per heavy atom. The Morgan fingerprint density at radius 3 is 2.68 bits per heavy atom. The first-order valence-electron chi connectivity index (χ1n) is 6.40. The molecule has 0 radical (unpaired) electrons. The maximum absolute atomic E-state index is 11.6. The number of hydrogen-bond donors (Lipinski definition) is 1. The first-order valence-corrected chi connectivity index (χ1v) is 8.36. The van der Waals surface area contributed by atoms with Crippen LogP contribution in [-0.2, 0) is 16.3 Å². The van der Waals surface area contributed by atoms with Gasteiger partial charge in [0.1, 0.15) is 11.1 Å². The molecule has 5 nitrogen and oxygen atoms in total. The standard InChI is InChI=1S/C13H21N3O2S/c1-8(19(4,17)18)12-15-7-9-10(14)5-13(2,3)6-11(9)16-12/h7-8,10H,5-6,14H2,1-4H3. The third kappa shape index (κ3) is 2.95. The van der Waals surface area contributed by atoms with E-state index in [0.717, 1.165) is 24.1 Å². The van der Waals surface area contributed by atoms with Crippen LogP contribution in [0.3, 0.4) is 0 Å². The zero-order valence-electron chi connectivity index (χ0n) is 11.8. The maximum atomic E-state index is 11.6. The summed E-state index contributed by atoms with van der Waals surface area (Å²) in [6.07, 6.45) is 4.60. The molecule has 0 amide bonds. The van der Waals surface area contributed by atoms with Crippen molar-refractivity contribution in [3.63, 3.8) is 0 Å². The van der Waals surface area contributed by atoms with Crippen molar-refractivity contribution >= 4 is 9.84 Å². The molecule has 0 saturated heterocycles. The molecule has 6 heteroatoms. The molecule has 1 aromatic rings. The Bertz CT molecular complexity index is 596. The third-order valence-corrected chi connectivity index (χ3v) is 5.24. The summed E-state index contributed by atoms with van der Waals surface area (Å²) in [6.45, 7) is 5.92. The van der Waals surface area contributed by atoms with Crippen molar-refractivity contribution in [1.29, 1.82) is 0 Å². The molecule has 0 aliphatic heterocycles. The molecule has 2 atom stereocenters. The molecule has 0 aromatic carbocycles. The first-order chi connectivity index (χ1) is 8.60. The second-order valence-electron chi connectivity index (χ2n) is 6.25. The molecule has 2 N–H and O–H groups in total. The number of nitrogens with zero attached hydrogens (tertiary/aromatic N) is 2. The fraction of sp³-hybridized carbons (Fsp3) is 0.692. The number of aromatic nitrogens is 2. The lowest BCUT2D eigenvalue weighted by atomic mass is 9.74. The van der Waals surface area contributed by atoms with Crippen molar-refractivity contribution in [3.05, 3.63) is 23.3 Å². The smallest absolute Gasteiger partial charge is 0.157 e. The van der Waals surface area contributed by atoms with Gasteiger partial charge in [0.25, 0.3) is 0 Å². The van der Waals surface area contributed by atoms with E-state index >= 15 is 0 Å². The molecule has 2 unspecified atom stereocenters. The number of rotatable bonds is 2. The largest absolute Gasteiger partial charge is 0.324 e. The van der Waals surface area contributed by atoms with Crippen LogP contribution in [0.15, 0.2) is 6.20 Å². The highest BCUT2D eigenvalue weighted by molar-refractivity contribution is 7.90. The molecule has 0 fully saturated rings. The van der Waals surface area contributed by atoms with Gasteiger partial charge in [-0.2, -0.15) is 0 Å². The summed E-state index contributed by atoms with van der Waals surface area (Å²) in [5.74, 6) is 0.367. The van der Waals surface area contributed by atoms with Crippen LogP contribution in [0.5, 0.6) is 0 Å². The lowest BCUT2D eigenvalue weighted by molar-refractivity contribution is 0.277. The fourth-order valence-corrected chi connectivity index (χ4v) is 3.01. The number of hydrogen-bond acceptors (Lipinski definition) is 5. The van der Waals surface area contributed by atoms with Gasteiger partial charge in [0, 0.05) is 29.8 Å². The first kappa shape index (κ1) is 14.4. The van der Waals surface area contributed by atoms with Gasteiger partial charge >= 0.3 is 0 Å². The predicted molar refractivity (Wildman–Crippen MR) is 74.3 cm³/mol. The van der Waals surface area contributed by atoms with Crippen molar-refractivity contribution in [2.24, 2.45) is 11.1 Å². The molecule has 0 saturated carbocycles. The Hall–Kier alpha value is -1.01. The number of nitrogens with two attached hydrogens (primary N) is 1. The molecule has 1 aliphatic rings. The zero-order chi connectivity index (χ0) is 14.4. The summed E-state index contributed by atoms with van der Waals surface area (Å²) in [6, 6.07) is -0.0682.